The van der Waals surface area contributed by atoms with E-state index in [0.29, 0.717) is 18.7 Å². The molecule has 0 aromatic heterocycles. The zero-order valence-corrected chi connectivity index (χ0v) is 12.1. The first-order valence-corrected chi connectivity index (χ1v) is 8.73. The second-order valence-electron chi connectivity index (χ2n) is 3.85. The second kappa shape index (κ2) is 6.33. The quantitative estimate of drug-likeness (QED) is 0.597. The number of hydrogen-bond acceptors (Lipinski definition) is 5. The molecule has 0 spiro atoms. The van der Waals surface area contributed by atoms with Crippen molar-refractivity contribution < 1.29 is 16.8 Å². The smallest absolute Gasteiger partial charge is 0.242 e. The van der Waals surface area contributed by atoms with Gasteiger partial charge < -0.3 is 5.32 Å². The Labute approximate surface area is 113 Å². The van der Waals surface area contributed by atoms with Crippen molar-refractivity contribution in [1.82, 2.24) is 4.72 Å². The number of sulfonamides is 2. The van der Waals surface area contributed by atoms with Gasteiger partial charge in [-0.2, -0.15) is 0 Å². The van der Waals surface area contributed by atoms with Crippen LogP contribution in [0.3, 0.4) is 0 Å². The standard InChI is InChI=1S/C10H17N3O4S2/c1-12-19(16,17)10-6-3-2-5-9(10)13-7-4-8-18(11,14)15/h2-3,5-6,12-13H,4,7-8H2,1H3,(H2,11,14,15). The minimum absolute atomic E-state index is 0.119. The average Bonchev–Trinajstić information content (AvgIpc) is 2.34. The van der Waals surface area contributed by atoms with Crippen LogP contribution in [0.4, 0.5) is 5.69 Å². The van der Waals surface area contributed by atoms with Gasteiger partial charge in [0.2, 0.25) is 20.0 Å². The Morgan fingerprint density at radius 2 is 1.79 bits per heavy atom. The molecule has 0 fully saturated rings. The van der Waals surface area contributed by atoms with Crippen LogP contribution in [-0.4, -0.2) is 36.2 Å². The minimum atomic E-state index is -3.55. The van der Waals surface area contributed by atoms with Crippen molar-refractivity contribution in [2.24, 2.45) is 5.14 Å². The summed E-state index contributed by atoms with van der Waals surface area (Å²) in [5, 5.41) is 7.76. The van der Waals surface area contributed by atoms with E-state index in [4.69, 9.17) is 5.14 Å². The average molecular weight is 307 g/mol. The van der Waals surface area contributed by atoms with Gasteiger partial charge >= 0.3 is 0 Å². The molecule has 1 aromatic carbocycles. The van der Waals surface area contributed by atoms with Crippen molar-refractivity contribution in [1.29, 1.82) is 0 Å². The van der Waals surface area contributed by atoms with Gasteiger partial charge in [0.15, 0.2) is 0 Å². The molecule has 0 atom stereocenters. The summed E-state index contributed by atoms with van der Waals surface area (Å²) in [6.07, 6.45) is 0.298. The Balaban J connectivity index is 2.75. The van der Waals surface area contributed by atoms with Crippen molar-refractivity contribution in [3.05, 3.63) is 24.3 Å². The van der Waals surface area contributed by atoms with Crippen LogP contribution in [-0.2, 0) is 20.0 Å². The molecule has 1 aromatic rings. The summed E-state index contributed by atoms with van der Waals surface area (Å²) in [6, 6.07) is 6.38. The predicted octanol–water partition coefficient (Wildman–Crippen LogP) is -0.315. The summed E-state index contributed by atoms with van der Waals surface area (Å²) < 4.78 is 47.2. The molecule has 0 saturated heterocycles. The normalized spacial score (nSPS) is 12.3. The molecule has 0 amide bonds. The molecule has 0 radical (unpaired) electrons. The van der Waals surface area contributed by atoms with Gasteiger partial charge in [0.05, 0.1) is 11.4 Å². The van der Waals surface area contributed by atoms with Crippen LogP contribution in [0.2, 0.25) is 0 Å². The summed E-state index contributed by atoms with van der Waals surface area (Å²) in [6.45, 7) is 0.312. The molecular weight excluding hydrogens is 290 g/mol. The van der Waals surface area contributed by atoms with Crippen LogP contribution in [0, 0.1) is 0 Å². The fourth-order valence-corrected chi connectivity index (χ4v) is 2.91. The van der Waals surface area contributed by atoms with Gasteiger partial charge in [0.1, 0.15) is 4.90 Å². The number of rotatable bonds is 7. The highest BCUT2D eigenvalue weighted by atomic mass is 32.2. The van der Waals surface area contributed by atoms with Crippen molar-refractivity contribution in [2.75, 3.05) is 24.7 Å². The van der Waals surface area contributed by atoms with Crippen molar-refractivity contribution in [3.63, 3.8) is 0 Å². The largest absolute Gasteiger partial charge is 0.384 e. The van der Waals surface area contributed by atoms with Gasteiger partial charge in [-0.25, -0.2) is 26.7 Å². The molecule has 7 nitrogen and oxygen atoms in total. The Bertz CT molecular complexity index is 626. The molecule has 9 heteroatoms. The highest BCUT2D eigenvalue weighted by molar-refractivity contribution is 7.89. The molecule has 4 N–H and O–H groups in total. The summed E-state index contributed by atoms with van der Waals surface area (Å²) in [4.78, 5) is 0.119. The van der Waals surface area contributed by atoms with E-state index in [0.717, 1.165) is 0 Å². The number of nitrogens with one attached hydrogen (secondary N) is 2. The van der Waals surface area contributed by atoms with Crippen LogP contribution in [0.25, 0.3) is 0 Å². The maximum Gasteiger partial charge on any atom is 0.242 e. The van der Waals surface area contributed by atoms with E-state index in [9.17, 15) is 16.8 Å². The van der Waals surface area contributed by atoms with E-state index in [1.54, 1.807) is 18.2 Å². The summed E-state index contributed by atoms with van der Waals surface area (Å²) in [5.41, 5.74) is 0.422. The third kappa shape index (κ3) is 5.15. The van der Waals surface area contributed by atoms with Crippen LogP contribution >= 0.6 is 0 Å². The first kappa shape index (κ1) is 15.9. The van der Waals surface area contributed by atoms with Gasteiger partial charge in [0.25, 0.3) is 0 Å². The predicted molar refractivity (Wildman–Crippen MR) is 73.8 cm³/mol. The molecule has 0 aliphatic heterocycles. The van der Waals surface area contributed by atoms with Crippen LogP contribution < -0.4 is 15.2 Å². The number of benzene rings is 1. The first-order valence-electron chi connectivity index (χ1n) is 5.53. The fourth-order valence-electron chi connectivity index (χ4n) is 1.45. The van der Waals surface area contributed by atoms with Crippen LogP contribution in [0.5, 0.6) is 0 Å². The molecule has 0 aliphatic rings. The minimum Gasteiger partial charge on any atom is -0.384 e. The third-order valence-electron chi connectivity index (χ3n) is 2.37. The third-order valence-corrected chi connectivity index (χ3v) is 4.70. The molecule has 19 heavy (non-hydrogen) atoms. The second-order valence-corrected chi connectivity index (χ2v) is 7.44. The topological polar surface area (TPSA) is 118 Å². The zero-order chi connectivity index (χ0) is 14.5. The van der Waals surface area contributed by atoms with Gasteiger partial charge in [-0.1, -0.05) is 12.1 Å². The highest BCUT2D eigenvalue weighted by Gasteiger charge is 2.15. The van der Waals surface area contributed by atoms with Crippen molar-refractivity contribution in [3.8, 4) is 0 Å². The number of para-hydroxylation sites is 1. The molecule has 108 valence electrons. The maximum absolute atomic E-state index is 11.7. The summed E-state index contributed by atoms with van der Waals surface area (Å²) in [7, 11) is -5.72. The number of anilines is 1. The lowest BCUT2D eigenvalue weighted by atomic mass is 10.3. The molecular formula is C10H17N3O4S2. The Morgan fingerprint density at radius 1 is 1.16 bits per heavy atom. The number of hydrogen-bond donors (Lipinski definition) is 3. The fraction of sp³-hybridized carbons (Fsp3) is 0.400. The highest BCUT2D eigenvalue weighted by Crippen LogP contribution is 2.20. The van der Waals surface area contributed by atoms with Gasteiger partial charge in [-0.15, -0.1) is 0 Å². The lowest BCUT2D eigenvalue weighted by Crippen LogP contribution is -2.21. The monoisotopic (exact) mass is 307 g/mol. The Hall–Kier alpha value is -1.16. The first-order chi connectivity index (χ1) is 8.76. The van der Waals surface area contributed by atoms with E-state index in [1.807, 2.05) is 0 Å². The van der Waals surface area contributed by atoms with E-state index in [-0.39, 0.29) is 10.6 Å². The van der Waals surface area contributed by atoms with Crippen LogP contribution in [0.15, 0.2) is 29.2 Å². The lowest BCUT2D eigenvalue weighted by molar-refractivity contribution is 0.587. The lowest BCUT2D eigenvalue weighted by Gasteiger charge is -2.11. The van der Waals surface area contributed by atoms with Gasteiger partial charge in [-0.3, -0.25) is 0 Å². The van der Waals surface area contributed by atoms with Crippen LogP contribution in [0.1, 0.15) is 6.42 Å². The Morgan fingerprint density at radius 3 is 2.37 bits per heavy atom. The maximum atomic E-state index is 11.7. The molecule has 0 bridgehead atoms. The summed E-state index contributed by atoms with van der Waals surface area (Å²) >= 11 is 0. The number of nitrogens with two attached hydrogens (primary N) is 1. The van der Waals surface area contributed by atoms with E-state index >= 15 is 0 Å². The molecule has 0 heterocycles. The molecule has 0 saturated carbocycles. The van der Waals surface area contributed by atoms with E-state index in [1.165, 1.54) is 13.1 Å². The molecule has 0 aliphatic carbocycles. The van der Waals surface area contributed by atoms with E-state index in [2.05, 4.69) is 10.0 Å². The van der Waals surface area contributed by atoms with E-state index < -0.39 is 20.0 Å². The summed E-state index contributed by atoms with van der Waals surface area (Å²) in [5.74, 6) is -0.152. The Kier molecular flexibility index (Phi) is 5.29. The number of primary sulfonamides is 1. The van der Waals surface area contributed by atoms with Crippen molar-refractivity contribution in [2.45, 2.75) is 11.3 Å². The molecule has 1 rings (SSSR count). The SMILES string of the molecule is CNS(=O)(=O)c1ccccc1NCCCS(N)(=O)=O. The molecule has 0 unspecified atom stereocenters. The van der Waals surface area contributed by atoms with Crippen molar-refractivity contribution >= 4 is 25.7 Å². The van der Waals surface area contributed by atoms with Gasteiger partial charge in [0, 0.05) is 6.54 Å². The van der Waals surface area contributed by atoms with Gasteiger partial charge in [-0.05, 0) is 25.6 Å². The zero-order valence-electron chi connectivity index (χ0n) is 10.5.